The Labute approximate surface area is 257 Å². The van der Waals surface area contributed by atoms with Gasteiger partial charge in [0.25, 0.3) is 11.6 Å². The van der Waals surface area contributed by atoms with E-state index >= 15 is 0 Å². The fourth-order valence-corrected chi connectivity index (χ4v) is 7.98. The second-order valence-electron chi connectivity index (χ2n) is 11.7. The van der Waals surface area contributed by atoms with Gasteiger partial charge in [0.1, 0.15) is 5.69 Å². The molecule has 2 fully saturated rings. The summed E-state index contributed by atoms with van der Waals surface area (Å²) in [5.74, 6) is -0.237. The number of amides is 1. The first-order chi connectivity index (χ1) is 21.1. The number of nitrogens with zero attached hydrogens (tertiary/aromatic N) is 4. The number of sulfonamides is 1. The Morgan fingerprint density at radius 3 is 2.45 bits per heavy atom. The molecule has 1 amide bonds. The van der Waals surface area contributed by atoms with E-state index in [0.29, 0.717) is 41.4 Å². The molecule has 3 aromatic rings. The molecule has 3 aliphatic rings. The Kier molecular flexibility index (Phi) is 8.08. The minimum absolute atomic E-state index is 0.0241. The molecule has 2 aliphatic heterocycles. The lowest BCUT2D eigenvalue weighted by Gasteiger charge is -2.26. The molecule has 232 valence electrons. The highest BCUT2D eigenvalue weighted by Gasteiger charge is 2.34. The van der Waals surface area contributed by atoms with Gasteiger partial charge in [0.05, 0.1) is 34.4 Å². The summed E-state index contributed by atoms with van der Waals surface area (Å²) in [4.78, 5) is 26.8. The van der Waals surface area contributed by atoms with Crippen LogP contribution in [0.25, 0.3) is 17.3 Å². The second-order valence-corrected chi connectivity index (χ2v) is 13.7. The number of carbonyl (C=O) groups excluding carboxylic acids is 1. The third kappa shape index (κ3) is 5.42. The van der Waals surface area contributed by atoms with E-state index in [4.69, 9.17) is 4.74 Å². The number of benzene rings is 2. The maximum absolute atomic E-state index is 13.4. The highest BCUT2D eigenvalue weighted by molar-refractivity contribution is 7.89. The van der Waals surface area contributed by atoms with Gasteiger partial charge in [0.15, 0.2) is 0 Å². The van der Waals surface area contributed by atoms with Crippen LogP contribution in [0.15, 0.2) is 47.4 Å². The predicted molar refractivity (Wildman–Crippen MR) is 170 cm³/mol. The van der Waals surface area contributed by atoms with Crippen molar-refractivity contribution in [2.45, 2.75) is 56.9 Å². The summed E-state index contributed by atoms with van der Waals surface area (Å²) in [6.07, 6.45) is 7.23. The largest absolute Gasteiger partial charge is 0.379 e. The van der Waals surface area contributed by atoms with Crippen molar-refractivity contribution in [2.75, 3.05) is 43.6 Å². The molecule has 0 unspecified atom stereocenters. The molecular weight excluding hydrogens is 582 g/mol. The van der Waals surface area contributed by atoms with E-state index < -0.39 is 10.0 Å². The number of aryl methyl sites for hydroxylation is 1. The second kappa shape index (κ2) is 11.8. The topological polar surface area (TPSA) is 127 Å². The zero-order valence-electron chi connectivity index (χ0n) is 25.2. The Morgan fingerprint density at radius 1 is 1.02 bits per heavy atom. The molecule has 12 heteroatoms. The lowest BCUT2D eigenvalue weighted by molar-refractivity contribution is -0.384. The number of anilines is 2. The number of morpholine rings is 1. The first kappa shape index (κ1) is 30.0. The van der Waals surface area contributed by atoms with Crippen molar-refractivity contribution in [3.63, 3.8) is 0 Å². The molecular formula is C32H37N5O6S. The zero-order chi connectivity index (χ0) is 31.2. The maximum Gasteiger partial charge on any atom is 0.294 e. The SMILES string of the molecule is Cc1cc(C=C2C(=O)N(C)c3ccc(S(=O)(=O)N4CCOCC4)cc32)c(C)n1-c1ccc(NC2CCCCC2)c([N+](=O)[O-])c1. The monoisotopic (exact) mass is 619 g/mol. The van der Waals surface area contributed by atoms with Crippen molar-refractivity contribution >= 4 is 44.6 Å². The van der Waals surface area contributed by atoms with E-state index in [-0.39, 0.29) is 40.5 Å². The molecule has 1 N–H and O–H groups in total. The van der Waals surface area contributed by atoms with Crippen molar-refractivity contribution in [3.05, 3.63) is 75.1 Å². The molecule has 0 atom stereocenters. The molecule has 0 spiro atoms. The van der Waals surface area contributed by atoms with Gasteiger partial charge in [-0.05, 0) is 74.7 Å². The Balaban J connectivity index is 1.36. The minimum atomic E-state index is -3.75. The highest BCUT2D eigenvalue weighted by atomic mass is 32.2. The molecule has 3 heterocycles. The Bertz CT molecular complexity index is 1770. The van der Waals surface area contributed by atoms with Gasteiger partial charge in [-0.3, -0.25) is 14.9 Å². The van der Waals surface area contributed by atoms with E-state index in [1.54, 1.807) is 43.5 Å². The van der Waals surface area contributed by atoms with E-state index in [1.807, 2.05) is 30.5 Å². The fourth-order valence-electron chi connectivity index (χ4n) is 6.55. The zero-order valence-corrected chi connectivity index (χ0v) is 26.0. The van der Waals surface area contributed by atoms with Crippen molar-refractivity contribution in [2.24, 2.45) is 0 Å². The van der Waals surface area contributed by atoms with E-state index in [9.17, 15) is 23.3 Å². The highest BCUT2D eigenvalue weighted by Crippen LogP contribution is 2.40. The van der Waals surface area contributed by atoms with Crippen LogP contribution in [0.5, 0.6) is 0 Å². The van der Waals surface area contributed by atoms with Crippen LogP contribution in [0, 0.1) is 24.0 Å². The molecule has 1 aliphatic carbocycles. The third-order valence-electron chi connectivity index (χ3n) is 8.93. The maximum atomic E-state index is 13.4. The normalized spacial score (nSPS) is 19.0. The quantitative estimate of drug-likeness (QED) is 0.216. The number of nitro groups is 1. The predicted octanol–water partition coefficient (Wildman–Crippen LogP) is 5.28. The van der Waals surface area contributed by atoms with Crippen molar-refractivity contribution in [1.82, 2.24) is 8.87 Å². The smallest absolute Gasteiger partial charge is 0.294 e. The molecule has 44 heavy (non-hydrogen) atoms. The number of carbonyl (C=O) groups is 1. The average molecular weight is 620 g/mol. The van der Waals surface area contributed by atoms with Crippen LogP contribution in [-0.2, 0) is 19.6 Å². The number of nitro benzene ring substituents is 1. The number of nitrogens with one attached hydrogen (secondary N) is 1. The van der Waals surface area contributed by atoms with Crippen LogP contribution in [0.1, 0.15) is 54.6 Å². The summed E-state index contributed by atoms with van der Waals surface area (Å²) >= 11 is 0. The Hall–Kier alpha value is -4.00. The summed E-state index contributed by atoms with van der Waals surface area (Å²) in [6.45, 7) is 5.07. The Morgan fingerprint density at radius 2 is 1.75 bits per heavy atom. The van der Waals surface area contributed by atoms with Gasteiger partial charge in [-0.15, -0.1) is 0 Å². The van der Waals surface area contributed by atoms with Crippen LogP contribution < -0.4 is 10.2 Å². The van der Waals surface area contributed by atoms with Gasteiger partial charge < -0.3 is 19.5 Å². The van der Waals surface area contributed by atoms with E-state index in [0.717, 1.165) is 42.6 Å². The summed E-state index contributed by atoms with van der Waals surface area (Å²) in [7, 11) is -2.08. The van der Waals surface area contributed by atoms with Gasteiger partial charge >= 0.3 is 0 Å². The van der Waals surface area contributed by atoms with Gasteiger partial charge in [0.2, 0.25) is 10.0 Å². The van der Waals surface area contributed by atoms with Gasteiger partial charge in [0, 0.05) is 54.8 Å². The minimum Gasteiger partial charge on any atom is -0.379 e. The van der Waals surface area contributed by atoms with Crippen LogP contribution in [0.3, 0.4) is 0 Å². The van der Waals surface area contributed by atoms with Gasteiger partial charge in [-0.1, -0.05) is 19.3 Å². The van der Waals surface area contributed by atoms with Crippen LogP contribution in [0.4, 0.5) is 17.1 Å². The molecule has 6 rings (SSSR count). The number of hydrogen-bond acceptors (Lipinski definition) is 7. The van der Waals surface area contributed by atoms with E-state index in [2.05, 4.69) is 5.32 Å². The number of likely N-dealkylation sites (N-methyl/N-ethyl adjacent to an activating group) is 1. The first-order valence-corrected chi connectivity index (χ1v) is 16.5. The average Bonchev–Trinajstić information content (AvgIpc) is 3.44. The lowest BCUT2D eigenvalue weighted by Crippen LogP contribution is -2.40. The number of ether oxygens (including phenoxy) is 1. The molecule has 0 bridgehead atoms. The van der Waals surface area contributed by atoms with Gasteiger partial charge in [-0.2, -0.15) is 4.31 Å². The van der Waals surface area contributed by atoms with Crippen molar-refractivity contribution in [3.8, 4) is 5.69 Å². The molecule has 1 aromatic heterocycles. The third-order valence-corrected chi connectivity index (χ3v) is 10.8. The van der Waals surface area contributed by atoms with E-state index in [1.165, 1.54) is 15.6 Å². The standard InChI is InChI=1S/C32H37N5O6S/c1-21-17-23(22(2)36(21)25-9-11-29(31(19-25)37(39)40)33-24-7-5-4-6-8-24)18-28-27-20-26(10-12-30(27)34(3)32(28)38)44(41,42)35-13-15-43-16-14-35/h9-12,17-20,24,33H,4-8,13-16H2,1-3H3. The summed E-state index contributed by atoms with van der Waals surface area (Å²) in [5, 5.41) is 15.5. The van der Waals surface area contributed by atoms with Crippen LogP contribution in [0.2, 0.25) is 0 Å². The van der Waals surface area contributed by atoms with Gasteiger partial charge in [-0.25, -0.2) is 8.42 Å². The van der Waals surface area contributed by atoms with Crippen LogP contribution >= 0.6 is 0 Å². The molecule has 2 aromatic carbocycles. The summed E-state index contributed by atoms with van der Waals surface area (Å²) < 4.78 is 35.4. The van der Waals surface area contributed by atoms with Crippen molar-refractivity contribution in [1.29, 1.82) is 0 Å². The fraction of sp³-hybridized carbons (Fsp3) is 0.406. The molecule has 1 saturated carbocycles. The summed E-state index contributed by atoms with van der Waals surface area (Å²) in [5.41, 5.74) is 5.18. The number of aromatic nitrogens is 1. The van der Waals surface area contributed by atoms with Crippen molar-refractivity contribution < 1.29 is 22.9 Å². The molecule has 1 saturated heterocycles. The molecule has 11 nitrogen and oxygen atoms in total. The lowest BCUT2D eigenvalue weighted by atomic mass is 9.95. The number of rotatable bonds is 7. The molecule has 0 radical (unpaired) electrons. The number of fused-ring (bicyclic) bond motifs is 1. The number of hydrogen-bond donors (Lipinski definition) is 1. The first-order valence-electron chi connectivity index (χ1n) is 15.0. The van der Waals surface area contributed by atoms with Crippen LogP contribution in [-0.4, -0.2) is 67.5 Å². The summed E-state index contributed by atoms with van der Waals surface area (Å²) in [6, 6.07) is 12.2.